The SMILES string of the molecule is CCOC(=O)c1cnc2cc(NCCN(C)C)ccc2c1. The monoisotopic (exact) mass is 287 g/mol. The van der Waals surface area contributed by atoms with E-state index in [4.69, 9.17) is 4.74 Å². The van der Waals surface area contributed by atoms with Gasteiger partial charge in [-0.05, 0) is 39.2 Å². The molecule has 0 fully saturated rings. The van der Waals surface area contributed by atoms with Crippen molar-refractivity contribution in [1.82, 2.24) is 9.88 Å². The minimum absolute atomic E-state index is 0.333. The van der Waals surface area contributed by atoms with Gasteiger partial charge in [-0.2, -0.15) is 0 Å². The van der Waals surface area contributed by atoms with Crippen LogP contribution in [0.1, 0.15) is 17.3 Å². The molecule has 1 N–H and O–H groups in total. The zero-order valence-electron chi connectivity index (χ0n) is 12.7. The van der Waals surface area contributed by atoms with Crippen LogP contribution >= 0.6 is 0 Å². The summed E-state index contributed by atoms with van der Waals surface area (Å²) in [6.07, 6.45) is 1.56. The van der Waals surface area contributed by atoms with E-state index >= 15 is 0 Å². The summed E-state index contributed by atoms with van der Waals surface area (Å²) in [5.74, 6) is -0.333. The van der Waals surface area contributed by atoms with E-state index in [1.807, 2.05) is 38.4 Å². The number of nitrogens with one attached hydrogen (secondary N) is 1. The minimum atomic E-state index is -0.333. The summed E-state index contributed by atoms with van der Waals surface area (Å²) in [4.78, 5) is 18.1. The first-order valence-corrected chi connectivity index (χ1v) is 7.05. The number of hydrogen-bond acceptors (Lipinski definition) is 5. The molecule has 0 unspecified atom stereocenters. The van der Waals surface area contributed by atoms with Crippen LogP contribution in [-0.4, -0.2) is 49.6 Å². The van der Waals surface area contributed by atoms with Crippen LogP contribution in [0.3, 0.4) is 0 Å². The zero-order chi connectivity index (χ0) is 15.2. The van der Waals surface area contributed by atoms with E-state index in [2.05, 4.69) is 15.2 Å². The van der Waals surface area contributed by atoms with Gasteiger partial charge in [0.15, 0.2) is 0 Å². The minimum Gasteiger partial charge on any atom is -0.462 e. The Labute approximate surface area is 124 Å². The van der Waals surface area contributed by atoms with Crippen LogP contribution in [0.5, 0.6) is 0 Å². The first-order chi connectivity index (χ1) is 10.1. The van der Waals surface area contributed by atoms with Gasteiger partial charge in [-0.3, -0.25) is 4.98 Å². The Kier molecular flexibility index (Phi) is 5.11. The molecule has 0 atom stereocenters. The lowest BCUT2D eigenvalue weighted by Crippen LogP contribution is -2.20. The standard InChI is InChI=1S/C16H21N3O2/c1-4-21-16(20)13-9-12-5-6-14(10-15(12)18-11-13)17-7-8-19(2)3/h5-6,9-11,17H,4,7-8H2,1-3H3. The van der Waals surface area contributed by atoms with Crippen molar-refractivity contribution in [3.63, 3.8) is 0 Å². The van der Waals surface area contributed by atoms with Crippen LogP contribution in [0.2, 0.25) is 0 Å². The Balaban J connectivity index is 2.13. The maximum Gasteiger partial charge on any atom is 0.339 e. The number of anilines is 1. The molecule has 0 aliphatic rings. The van der Waals surface area contributed by atoms with Crippen molar-refractivity contribution >= 4 is 22.6 Å². The molecule has 21 heavy (non-hydrogen) atoms. The fourth-order valence-corrected chi connectivity index (χ4v) is 1.98. The lowest BCUT2D eigenvalue weighted by atomic mass is 10.1. The second-order valence-electron chi connectivity index (χ2n) is 5.08. The van der Waals surface area contributed by atoms with Gasteiger partial charge in [0.25, 0.3) is 0 Å². The number of ether oxygens (including phenoxy) is 1. The molecule has 5 heteroatoms. The molecular weight excluding hydrogens is 266 g/mol. The second-order valence-corrected chi connectivity index (χ2v) is 5.08. The molecule has 0 amide bonds. The van der Waals surface area contributed by atoms with Gasteiger partial charge >= 0.3 is 5.97 Å². The number of aromatic nitrogens is 1. The lowest BCUT2D eigenvalue weighted by Gasteiger charge is -2.11. The van der Waals surface area contributed by atoms with Crippen molar-refractivity contribution in [3.05, 3.63) is 36.0 Å². The lowest BCUT2D eigenvalue weighted by molar-refractivity contribution is 0.0526. The highest BCUT2D eigenvalue weighted by Crippen LogP contribution is 2.18. The van der Waals surface area contributed by atoms with E-state index in [1.165, 1.54) is 0 Å². The quantitative estimate of drug-likeness (QED) is 0.827. The maximum atomic E-state index is 11.7. The van der Waals surface area contributed by atoms with Crippen LogP contribution in [0.15, 0.2) is 30.5 Å². The number of likely N-dealkylation sites (N-methyl/N-ethyl adjacent to an activating group) is 1. The molecule has 0 bridgehead atoms. The molecule has 0 aliphatic carbocycles. The normalized spacial score (nSPS) is 10.9. The smallest absolute Gasteiger partial charge is 0.339 e. The zero-order valence-corrected chi connectivity index (χ0v) is 12.7. The van der Waals surface area contributed by atoms with Gasteiger partial charge in [-0.25, -0.2) is 4.79 Å². The predicted molar refractivity (Wildman–Crippen MR) is 84.7 cm³/mol. The van der Waals surface area contributed by atoms with Crippen LogP contribution in [0.4, 0.5) is 5.69 Å². The van der Waals surface area contributed by atoms with E-state index in [1.54, 1.807) is 13.1 Å². The highest BCUT2D eigenvalue weighted by Gasteiger charge is 2.08. The van der Waals surface area contributed by atoms with Gasteiger partial charge in [-0.1, -0.05) is 6.07 Å². The molecule has 0 aliphatic heterocycles. The summed E-state index contributed by atoms with van der Waals surface area (Å²) < 4.78 is 4.98. The first-order valence-electron chi connectivity index (χ1n) is 7.05. The second kappa shape index (κ2) is 7.04. The number of fused-ring (bicyclic) bond motifs is 1. The molecule has 2 rings (SSSR count). The van der Waals surface area contributed by atoms with Gasteiger partial charge in [0.1, 0.15) is 0 Å². The van der Waals surface area contributed by atoms with Crippen molar-refractivity contribution in [1.29, 1.82) is 0 Å². The van der Waals surface area contributed by atoms with Crippen LogP contribution in [-0.2, 0) is 4.74 Å². The molecule has 1 aromatic heterocycles. The molecule has 0 saturated carbocycles. The van der Waals surface area contributed by atoms with Crippen molar-refractivity contribution in [2.24, 2.45) is 0 Å². The Morgan fingerprint density at radius 1 is 1.33 bits per heavy atom. The average Bonchev–Trinajstić information content (AvgIpc) is 2.46. The number of esters is 1. The Morgan fingerprint density at radius 3 is 2.86 bits per heavy atom. The Bertz CT molecular complexity index is 626. The number of carbonyl (C=O) groups is 1. The molecule has 1 heterocycles. The number of rotatable bonds is 6. The van der Waals surface area contributed by atoms with Gasteiger partial charge in [0.2, 0.25) is 0 Å². The number of benzene rings is 1. The highest BCUT2D eigenvalue weighted by molar-refractivity contribution is 5.94. The Hall–Kier alpha value is -2.14. The summed E-state index contributed by atoms with van der Waals surface area (Å²) >= 11 is 0. The van der Waals surface area contributed by atoms with E-state index in [0.717, 1.165) is 29.7 Å². The van der Waals surface area contributed by atoms with Gasteiger partial charge < -0.3 is 15.0 Å². The van der Waals surface area contributed by atoms with Crippen LogP contribution in [0, 0.1) is 0 Å². The van der Waals surface area contributed by atoms with Gasteiger partial charge in [0, 0.05) is 30.4 Å². The topological polar surface area (TPSA) is 54.5 Å². The number of pyridine rings is 1. The van der Waals surface area contributed by atoms with E-state index in [-0.39, 0.29) is 5.97 Å². The summed E-state index contributed by atoms with van der Waals surface area (Å²) in [6, 6.07) is 7.75. The molecule has 2 aromatic rings. The third-order valence-corrected chi connectivity index (χ3v) is 3.08. The molecule has 0 saturated heterocycles. The van der Waals surface area contributed by atoms with Gasteiger partial charge in [0.05, 0.1) is 17.7 Å². The average molecular weight is 287 g/mol. The van der Waals surface area contributed by atoms with Crippen molar-refractivity contribution in [3.8, 4) is 0 Å². The van der Waals surface area contributed by atoms with Crippen molar-refractivity contribution in [2.45, 2.75) is 6.92 Å². The number of hydrogen-bond donors (Lipinski definition) is 1. The van der Waals surface area contributed by atoms with Crippen LogP contribution in [0.25, 0.3) is 10.9 Å². The third-order valence-electron chi connectivity index (χ3n) is 3.08. The number of nitrogens with zero attached hydrogens (tertiary/aromatic N) is 2. The highest BCUT2D eigenvalue weighted by atomic mass is 16.5. The third kappa shape index (κ3) is 4.16. The molecule has 1 aromatic carbocycles. The molecular formula is C16H21N3O2. The molecule has 5 nitrogen and oxygen atoms in total. The van der Waals surface area contributed by atoms with Gasteiger partial charge in [-0.15, -0.1) is 0 Å². The molecule has 0 spiro atoms. The van der Waals surface area contributed by atoms with Crippen LogP contribution < -0.4 is 5.32 Å². The predicted octanol–water partition coefficient (Wildman–Crippen LogP) is 2.39. The van der Waals surface area contributed by atoms with E-state index in [0.29, 0.717) is 12.2 Å². The fourth-order valence-electron chi connectivity index (χ4n) is 1.98. The molecule has 0 radical (unpaired) electrons. The van der Waals surface area contributed by atoms with E-state index < -0.39 is 0 Å². The molecule has 112 valence electrons. The fraction of sp³-hybridized carbons (Fsp3) is 0.375. The number of carbonyl (C=O) groups excluding carboxylic acids is 1. The van der Waals surface area contributed by atoms with E-state index in [9.17, 15) is 4.79 Å². The van der Waals surface area contributed by atoms with Crippen molar-refractivity contribution < 1.29 is 9.53 Å². The largest absolute Gasteiger partial charge is 0.462 e. The van der Waals surface area contributed by atoms with Crippen molar-refractivity contribution in [2.75, 3.05) is 39.1 Å². The summed E-state index contributed by atoms with van der Waals surface area (Å²) in [5.41, 5.74) is 2.37. The summed E-state index contributed by atoms with van der Waals surface area (Å²) in [5, 5.41) is 4.28. The summed E-state index contributed by atoms with van der Waals surface area (Å²) in [6.45, 7) is 4.00. The maximum absolute atomic E-state index is 11.7. The first kappa shape index (κ1) is 15.3. The summed E-state index contributed by atoms with van der Waals surface area (Å²) in [7, 11) is 4.08. The Morgan fingerprint density at radius 2 is 2.14 bits per heavy atom.